The zero-order valence-corrected chi connectivity index (χ0v) is 21.9. The van der Waals surface area contributed by atoms with Gasteiger partial charge in [-0.2, -0.15) is 9.61 Å². The molecule has 0 amide bonds. The third-order valence-corrected chi connectivity index (χ3v) is 7.65. The first-order chi connectivity index (χ1) is 18.3. The van der Waals surface area contributed by atoms with Crippen LogP contribution in [0.4, 0.5) is 5.82 Å². The van der Waals surface area contributed by atoms with E-state index in [1.165, 1.54) is 22.8 Å². The average molecular weight is 537 g/mol. The number of carboxylic acid groups (broad SMARTS) is 1. The fourth-order valence-corrected chi connectivity index (χ4v) is 5.58. The van der Waals surface area contributed by atoms with Crippen molar-refractivity contribution in [3.8, 4) is 22.5 Å². The van der Waals surface area contributed by atoms with Crippen molar-refractivity contribution < 1.29 is 24.2 Å². The van der Waals surface area contributed by atoms with Crippen molar-refractivity contribution in [2.24, 2.45) is 0 Å². The second-order valence-corrected chi connectivity index (χ2v) is 10.0. The van der Waals surface area contributed by atoms with Gasteiger partial charge in [0.15, 0.2) is 17.0 Å². The van der Waals surface area contributed by atoms with Gasteiger partial charge in [-0.1, -0.05) is 6.07 Å². The van der Waals surface area contributed by atoms with E-state index in [1.54, 1.807) is 25.0 Å². The zero-order valence-electron chi connectivity index (χ0n) is 21.1. The summed E-state index contributed by atoms with van der Waals surface area (Å²) in [5.41, 5.74) is 11.4. The molecule has 0 atom stereocenters. The number of carbonyl (C=O) groups excluding carboxylic acids is 1. The van der Waals surface area contributed by atoms with Crippen molar-refractivity contribution in [2.75, 3.05) is 26.1 Å². The smallest absolute Gasteiger partial charge is 0.335 e. The molecule has 11 nitrogen and oxygen atoms in total. The third-order valence-electron chi connectivity index (χ3n) is 7.07. The number of ether oxygens (including phenoxy) is 2. The number of pyridine rings is 1. The van der Waals surface area contributed by atoms with Gasteiger partial charge < -0.3 is 20.3 Å². The second-order valence-electron chi connectivity index (χ2n) is 9.33. The van der Waals surface area contributed by atoms with Gasteiger partial charge in [0.2, 0.25) is 0 Å². The Morgan fingerprint density at radius 3 is 2.58 bits per heavy atom. The Hall–Kier alpha value is -3.74. The summed E-state index contributed by atoms with van der Waals surface area (Å²) in [6.07, 6.45) is 4.93. The average Bonchev–Trinajstić information content (AvgIpc) is 3.60. The number of ketones is 1. The van der Waals surface area contributed by atoms with Gasteiger partial charge in [0.05, 0.1) is 47.6 Å². The van der Waals surface area contributed by atoms with E-state index in [0.29, 0.717) is 36.4 Å². The first kappa shape index (κ1) is 25.9. The molecule has 0 unspecified atom stereocenters. The lowest BCUT2D eigenvalue weighted by Gasteiger charge is -2.37. The molecule has 0 spiro atoms. The molecule has 5 rings (SSSR count). The van der Waals surface area contributed by atoms with Gasteiger partial charge in [0.1, 0.15) is 5.82 Å². The summed E-state index contributed by atoms with van der Waals surface area (Å²) >= 11 is 1.50. The van der Waals surface area contributed by atoms with Gasteiger partial charge in [0.25, 0.3) is 0 Å². The molecule has 0 radical (unpaired) electrons. The van der Waals surface area contributed by atoms with Crippen molar-refractivity contribution in [3.63, 3.8) is 0 Å². The number of aromatic nitrogens is 5. The van der Waals surface area contributed by atoms with Crippen LogP contribution in [-0.2, 0) is 14.3 Å². The third kappa shape index (κ3) is 4.66. The highest BCUT2D eigenvalue weighted by atomic mass is 32.1. The number of fused-ring (bicyclic) bond motifs is 1. The molecule has 0 aliphatic heterocycles. The molecule has 3 N–H and O–H groups in total. The molecule has 0 bridgehead atoms. The summed E-state index contributed by atoms with van der Waals surface area (Å²) in [7, 11) is 1.54. The van der Waals surface area contributed by atoms with Gasteiger partial charge in [-0.05, 0) is 38.7 Å². The zero-order chi connectivity index (χ0) is 26.9. The lowest BCUT2D eigenvalue weighted by molar-refractivity contribution is -0.173. The predicted octanol–water partition coefficient (Wildman–Crippen LogP) is 3.84. The number of methoxy groups -OCH3 is 1. The number of anilines is 1. The molecule has 1 aliphatic rings. The van der Waals surface area contributed by atoms with Crippen LogP contribution in [0.25, 0.3) is 28.2 Å². The van der Waals surface area contributed by atoms with E-state index in [0.717, 1.165) is 22.5 Å². The highest BCUT2D eigenvalue weighted by Crippen LogP contribution is 2.42. The number of aliphatic carboxylic acids is 1. The molecular formula is C26H28N6O5S. The summed E-state index contributed by atoms with van der Waals surface area (Å²) in [6, 6.07) is 3.81. The van der Waals surface area contributed by atoms with Crippen LogP contribution in [0.1, 0.15) is 54.6 Å². The fourth-order valence-electron chi connectivity index (χ4n) is 5.03. The minimum absolute atomic E-state index is 0.160. The number of carbonyl (C=O) groups is 2. The maximum Gasteiger partial charge on any atom is 0.335 e. The van der Waals surface area contributed by atoms with Gasteiger partial charge in [-0.25, -0.2) is 14.8 Å². The van der Waals surface area contributed by atoms with E-state index < -0.39 is 11.6 Å². The van der Waals surface area contributed by atoms with E-state index in [-0.39, 0.29) is 37.0 Å². The van der Waals surface area contributed by atoms with Crippen LogP contribution >= 0.6 is 11.3 Å². The van der Waals surface area contributed by atoms with Crippen molar-refractivity contribution in [2.45, 2.75) is 44.1 Å². The fraction of sp³-hybridized carbons (Fsp3) is 0.385. The Balaban J connectivity index is 1.50. The molecule has 12 heteroatoms. The largest absolute Gasteiger partial charge is 0.479 e. The number of nitrogens with two attached hydrogens (primary N) is 1. The molecule has 4 aromatic rings. The Morgan fingerprint density at radius 2 is 1.97 bits per heavy atom. The number of hydrogen-bond donors (Lipinski definition) is 2. The molecule has 4 heterocycles. The van der Waals surface area contributed by atoms with E-state index in [1.807, 2.05) is 17.5 Å². The maximum atomic E-state index is 12.7. The van der Waals surface area contributed by atoms with Crippen LogP contribution in [0.15, 0.2) is 35.4 Å². The van der Waals surface area contributed by atoms with Gasteiger partial charge >= 0.3 is 5.97 Å². The highest BCUT2D eigenvalue weighted by Gasteiger charge is 2.44. The molecule has 0 saturated heterocycles. The van der Waals surface area contributed by atoms with Gasteiger partial charge in [0, 0.05) is 35.7 Å². The summed E-state index contributed by atoms with van der Waals surface area (Å²) in [6.45, 7) is 1.95. The standard InChI is InChI=1S/C26H28N6O5S/c1-15(33)21-22(16-5-7-26(8-6-16,25(34)35)37-10-9-36-2)31-24-18(12-30-32(24)23(21)27)17-3-4-19(28-11-17)20-13-38-14-29-20/h3-4,11-14,16H,5-10,27H2,1-2H3,(H,34,35)/t16-,26-. The minimum Gasteiger partial charge on any atom is -0.479 e. The van der Waals surface area contributed by atoms with Gasteiger partial charge in [-0.3, -0.25) is 9.78 Å². The summed E-state index contributed by atoms with van der Waals surface area (Å²) in [5, 5.41) is 16.3. The van der Waals surface area contributed by atoms with Crippen molar-refractivity contribution in [1.29, 1.82) is 0 Å². The predicted molar refractivity (Wildman–Crippen MR) is 141 cm³/mol. The van der Waals surface area contributed by atoms with E-state index >= 15 is 0 Å². The lowest BCUT2D eigenvalue weighted by atomic mass is 9.76. The topological polar surface area (TPSA) is 155 Å². The molecule has 1 saturated carbocycles. The first-order valence-electron chi connectivity index (χ1n) is 12.2. The lowest BCUT2D eigenvalue weighted by Crippen LogP contribution is -2.45. The Labute approximate surface area is 222 Å². The van der Waals surface area contributed by atoms with Crippen LogP contribution < -0.4 is 5.73 Å². The minimum atomic E-state index is -1.28. The van der Waals surface area contributed by atoms with Crippen molar-refractivity contribution in [1.82, 2.24) is 24.6 Å². The van der Waals surface area contributed by atoms with E-state index in [4.69, 9.17) is 20.2 Å². The molecule has 4 aromatic heterocycles. The first-order valence-corrected chi connectivity index (χ1v) is 13.2. The number of hydrogen-bond acceptors (Lipinski definition) is 10. The van der Waals surface area contributed by atoms with Crippen LogP contribution in [0.5, 0.6) is 0 Å². The number of Topliss-reactive ketones (excluding diaryl/α,β-unsaturated/α-hetero) is 1. The van der Waals surface area contributed by atoms with Crippen LogP contribution in [0.2, 0.25) is 0 Å². The van der Waals surface area contributed by atoms with E-state index in [2.05, 4.69) is 15.1 Å². The van der Waals surface area contributed by atoms with Crippen molar-refractivity contribution >= 4 is 34.6 Å². The molecule has 198 valence electrons. The number of rotatable bonds is 9. The second kappa shape index (κ2) is 10.6. The Bertz CT molecular complexity index is 1460. The van der Waals surface area contributed by atoms with Crippen molar-refractivity contribution in [3.05, 3.63) is 46.7 Å². The van der Waals surface area contributed by atoms with E-state index in [9.17, 15) is 14.7 Å². The monoisotopic (exact) mass is 536 g/mol. The number of thiazole rings is 1. The maximum absolute atomic E-state index is 12.7. The molecule has 0 aromatic carbocycles. The number of nitrogen functional groups attached to an aromatic ring is 1. The highest BCUT2D eigenvalue weighted by molar-refractivity contribution is 7.07. The SMILES string of the molecule is COCCO[C@]1(C(=O)O)CC[C@@H](c2nc3c(-c4ccc(-c5cscn5)nc4)cnn3c(N)c2C(C)=O)CC1. The van der Waals surface area contributed by atoms with Gasteiger partial charge in [-0.15, -0.1) is 11.3 Å². The van der Waals surface area contributed by atoms with Crippen LogP contribution in [0.3, 0.4) is 0 Å². The summed E-state index contributed by atoms with van der Waals surface area (Å²) in [4.78, 5) is 38.6. The quantitative estimate of drug-likeness (QED) is 0.238. The molecule has 1 fully saturated rings. The molecular weight excluding hydrogens is 508 g/mol. The van der Waals surface area contributed by atoms with Crippen LogP contribution in [-0.4, -0.2) is 67.3 Å². The number of nitrogens with zero attached hydrogens (tertiary/aromatic N) is 5. The van der Waals surface area contributed by atoms with Crippen LogP contribution in [0, 0.1) is 0 Å². The normalized spacial score (nSPS) is 19.6. The summed E-state index contributed by atoms with van der Waals surface area (Å²) < 4.78 is 12.3. The Morgan fingerprint density at radius 1 is 1.18 bits per heavy atom. The molecule has 38 heavy (non-hydrogen) atoms. The Kier molecular flexibility index (Phi) is 7.19. The summed E-state index contributed by atoms with van der Waals surface area (Å²) in [5.74, 6) is -1.16. The number of carboxylic acids is 1. The molecule has 1 aliphatic carbocycles.